The molecule has 0 saturated carbocycles. The quantitative estimate of drug-likeness (QED) is 0.355. The lowest BCUT2D eigenvalue weighted by atomic mass is 10.1. The van der Waals surface area contributed by atoms with Crippen LogP contribution in [-0.4, -0.2) is 28.3 Å². The molecule has 1 amide bonds. The lowest BCUT2D eigenvalue weighted by Crippen LogP contribution is -2.32. The number of amides is 1. The van der Waals surface area contributed by atoms with Crippen LogP contribution >= 0.6 is 22.9 Å². The van der Waals surface area contributed by atoms with Crippen molar-refractivity contribution in [3.63, 3.8) is 0 Å². The Balaban J connectivity index is 2.10. The number of anilines is 1. The molecule has 34 heavy (non-hydrogen) atoms. The predicted molar refractivity (Wildman–Crippen MR) is 118 cm³/mol. The molecule has 5 nitrogen and oxygen atoms in total. The molecule has 1 unspecified atom stereocenters. The lowest BCUT2D eigenvalue weighted by molar-refractivity contribution is -0.189. The number of para-hydroxylation sites is 1. The number of hydrogen-bond acceptors (Lipinski definition) is 5. The van der Waals surface area contributed by atoms with E-state index in [4.69, 9.17) is 16.3 Å². The Hall–Kier alpha value is -2.76. The Morgan fingerprint density at radius 2 is 1.97 bits per heavy atom. The van der Waals surface area contributed by atoms with Gasteiger partial charge in [-0.2, -0.15) is 13.2 Å². The van der Waals surface area contributed by atoms with Crippen LogP contribution in [0.5, 0.6) is 5.75 Å². The molecular formula is C22H18ClF5N2O3S. The van der Waals surface area contributed by atoms with Crippen molar-refractivity contribution >= 4 is 34.5 Å². The van der Waals surface area contributed by atoms with Crippen LogP contribution in [0.25, 0.3) is 10.6 Å². The molecule has 1 heterocycles. The zero-order chi connectivity index (χ0) is 25.2. The van der Waals surface area contributed by atoms with Gasteiger partial charge in [0.1, 0.15) is 22.4 Å². The van der Waals surface area contributed by atoms with Crippen LogP contribution in [-0.2, 0) is 13.0 Å². The van der Waals surface area contributed by atoms with Gasteiger partial charge < -0.3 is 15.2 Å². The normalized spacial score (nSPS) is 12.5. The molecule has 2 aromatic carbocycles. The van der Waals surface area contributed by atoms with E-state index in [1.807, 2.05) is 0 Å². The van der Waals surface area contributed by atoms with Gasteiger partial charge in [0.05, 0.1) is 33.5 Å². The van der Waals surface area contributed by atoms with Crippen LogP contribution < -0.4 is 10.1 Å². The van der Waals surface area contributed by atoms with Crippen molar-refractivity contribution in [2.24, 2.45) is 0 Å². The van der Waals surface area contributed by atoms with E-state index < -0.39 is 46.8 Å². The molecule has 3 aromatic rings. The van der Waals surface area contributed by atoms with E-state index in [0.717, 1.165) is 30.4 Å². The molecule has 0 aliphatic carbocycles. The number of nitrogens with one attached hydrogen (secondary N) is 1. The van der Waals surface area contributed by atoms with Crippen molar-refractivity contribution in [2.75, 3.05) is 5.32 Å². The fourth-order valence-corrected chi connectivity index (χ4v) is 4.18. The Bertz CT molecular complexity index is 1170. The van der Waals surface area contributed by atoms with Crippen molar-refractivity contribution in [3.8, 4) is 16.3 Å². The predicted octanol–water partition coefficient (Wildman–Crippen LogP) is 6.38. The summed E-state index contributed by atoms with van der Waals surface area (Å²) >= 11 is 6.85. The zero-order valence-corrected chi connectivity index (χ0v) is 19.3. The maximum atomic E-state index is 15.0. The van der Waals surface area contributed by atoms with Gasteiger partial charge in [-0.3, -0.25) is 4.79 Å². The van der Waals surface area contributed by atoms with Crippen molar-refractivity contribution in [1.29, 1.82) is 0 Å². The standard InChI is InChI=1S/C22H18ClF5N2O3S/c1-3-16-18(9-31)34-21(29-16)11-8-17(33-10(2)22(26,27)28)12(7-15(11)25)20(32)30-19-13(23)5-4-6-14(19)24/h4-8,10,31H,3,9H2,1-2H3,(H,30,32). The number of nitrogens with zero attached hydrogens (tertiary/aromatic N) is 1. The Morgan fingerprint density at radius 3 is 2.53 bits per heavy atom. The summed E-state index contributed by atoms with van der Waals surface area (Å²) in [5.41, 5.74) is -0.742. The molecule has 0 saturated heterocycles. The first-order chi connectivity index (χ1) is 16.0. The van der Waals surface area contributed by atoms with Gasteiger partial charge in [0, 0.05) is 5.56 Å². The number of aliphatic hydroxyl groups excluding tert-OH is 1. The van der Waals surface area contributed by atoms with Gasteiger partial charge in [-0.25, -0.2) is 13.8 Å². The number of aliphatic hydroxyl groups is 1. The molecule has 1 atom stereocenters. The van der Waals surface area contributed by atoms with Gasteiger partial charge in [0.15, 0.2) is 6.10 Å². The molecule has 1 aromatic heterocycles. The van der Waals surface area contributed by atoms with Crippen molar-refractivity contribution in [2.45, 2.75) is 39.2 Å². The van der Waals surface area contributed by atoms with Crippen LogP contribution in [0.1, 0.15) is 34.8 Å². The van der Waals surface area contributed by atoms with Crippen LogP contribution in [0.15, 0.2) is 30.3 Å². The van der Waals surface area contributed by atoms with Crippen molar-refractivity contribution in [3.05, 3.63) is 63.1 Å². The highest BCUT2D eigenvalue weighted by molar-refractivity contribution is 7.15. The summed E-state index contributed by atoms with van der Waals surface area (Å²) in [6.07, 6.45) is -6.69. The number of benzene rings is 2. The maximum absolute atomic E-state index is 15.0. The number of aryl methyl sites for hydroxylation is 1. The number of rotatable bonds is 7. The zero-order valence-electron chi connectivity index (χ0n) is 17.8. The van der Waals surface area contributed by atoms with E-state index in [9.17, 15) is 27.5 Å². The number of ether oxygens (including phenoxy) is 1. The fraction of sp³-hybridized carbons (Fsp3) is 0.273. The molecule has 0 radical (unpaired) electrons. The molecule has 3 rings (SSSR count). The van der Waals surface area contributed by atoms with Gasteiger partial charge in [0.25, 0.3) is 5.91 Å². The smallest absolute Gasteiger partial charge is 0.425 e. The van der Waals surface area contributed by atoms with E-state index in [0.29, 0.717) is 23.1 Å². The second-order valence-electron chi connectivity index (χ2n) is 7.08. The second-order valence-corrected chi connectivity index (χ2v) is 8.57. The average molecular weight is 521 g/mol. The lowest BCUT2D eigenvalue weighted by Gasteiger charge is -2.20. The Morgan fingerprint density at radius 1 is 1.26 bits per heavy atom. The van der Waals surface area contributed by atoms with E-state index in [1.165, 1.54) is 12.1 Å². The van der Waals surface area contributed by atoms with Crippen molar-refractivity contribution < 1.29 is 36.6 Å². The van der Waals surface area contributed by atoms with E-state index in [2.05, 4.69) is 10.3 Å². The highest BCUT2D eigenvalue weighted by Crippen LogP contribution is 2.37. The monoisotopic (exact) mass is 520 g/mol. The first-order valence-corrected chi connectivity index (χ1v) is 11.1. The summed E-state index contributed by atoms with van der Waals surface area (Å²) in [7, 11) is 0. The highest BCUT2D eigenvalue weighted by atomic mass is 35.5. The highest BCUT2D eigenvalue weighted by Gasteiger charge is 2.39. The summed E-state index contributed by atoms with van der Waals surface area (Å²) in [5.74, 6) is -3.59. The van der Waals surface area contributed by atoms with Crippen LogP contribution in [0.3, 0.4) is 0 Å². The topological polar surface area (TPSA) is 71.5 Å². The third-order valence-corrected chi connectivity index (χ3v) is 6.20. The number of hydrogen-bond donors (Lipinski definition) is 2. The van der Waals surface area contributed by atoms with E-state index in [1.54, 1.807) is 6.92 Å². The number of aromatic nitrogens is 1. The first-order valence-electron chi connectivity index (χ1n) is 9.88. The van der Waals surface area contributed by atoms with Gasteiger partial charge in [0.2, 0.25) is 0 Å². The SMILES string of the molecule is CCc1nc(-c2cc(OC(C)C(F)(F)F)c(C(=O)Nc3c(F)cccc3Cl)cc2F)sc1CO. The fourth-order valence-electron chi connectivity index (χ4n) is 2.95. The Labute approximate surface area is 200 Å². The van der Waals surface area contributed by atoms with Gasteiger partial charge >= 0.3 is 6.18 Å². The van der Waals surface area contributed by atoms with Gasteiger partial charge in [-0.05, 0) is 37.6 Å². The number of carbonyl (C=O) groups excluding carboxylic acids is 1. The molecule has 0 aliphatic heterocycles. The maximum Gasteiger partial charge on any atom is 0.425 e. The molecule has 2 N–H and O–H groups in total. The van der Waals surface area contributed by atoms with Crippen LogP contribution in [0, 0.1) is 11.6 Å². The third-order valence-electron chi connectivity index (χ3n) is 4.77. The van der Waals surface area contributed by atoms with Crippen molar-refractivity contribution in [1.82, 2.24) is 4.98 Å². The number of halogens is 6. The van der Waals surface area contributed by atoms with Crippen LogP contribution in [0.4, 0.5) is 27.6 Å². The summed E-state index contributed by atoms with van der Waals surface area (Å²) in [6, 6.07) is 5.21. The van der Waals surface area contributed by atoms with Gasteiger partial charge in [-0.1, -0.05) is 24.6 Å². The van der Waals surface area contributed by atoms with Crippen LogP contribution in [0.2, 0.25) is 5.02 Å². The minimum absolute atomic E-state index is 0.0898. The minimum Gasteiger partial charge on any atom is -0.480 e. The van der Waals surface area contributed by atoms with Gasteiger partial charge in [-0.15, -0.1) is 11.3 Å². The Kier molecular flexibility index (Phi) is 7.79. The molecule has 0 bridgehead atoms. The number of alkyl halides is 3. The summed E-state index contributed by atoms with van der Waals surface area (Å²) in [4.78, 5) is 17.5. The first kappa shape index (κ1) is 25.9. The summed E-state index contributed by atoms with van der Waals surface area (Å²) in [5, 5.41) is 11.5. The van der Waals surface area contributed by atoms with E-state index in [-0.39, 0.29) is 22.2 Å². The molecule has 182 valence electrons. The average Bonchev–Trinajstić information content (AvgIpc) is 3.19. The minimum atomic E-state index is -4.78. The molecule has 12 heteroatoms. The molecule has 0 spiro atoms. The summed E-state index contributed by atoms with van der Waals surface area (Å²) in [6.45, 7) is 2.15. The number of carbonyl (C=O) groups is 1. The molecule has 0 aliphatic rings. The molecular weight excluding hydrogens is 503 g/mol. The molecule has 0 fully saturated rings. The largest absolute Gasteiger partial charge is 0.480 e. The number of thiazole rings is 1. The van der Waals surface area contributed by atoms with E-state index >= 15 is 4.39 Å². The summed E-state index contributed by atoms with van der Waals surface area (Å²) < 4.78 is 73.6. The second kappa shape index (κ2) is 10.2. The third kappa shape index (κ3) is 5.48.